The van der Waals surface area contributed by atoms with E-state index in [0.29, 0.717) is 22.5 Å². The van der Waals surface area contributed by atoms with Crippen molar-refractivity contribution in [1.82, 2.24) is 10.2 Å². The summed E-state index contributed by atoms with van der Waals surface area (Å²) in [7, 11) is 0. The maximum Gasteiger partial charge on any atom is 0.411 e. The summed E-state index contributed by atoms with van der Waals surface area (Å²) < 4.78 is 19.6. The monoisotopic (exact) mass is 453 g/mol. The summed E-state index contributed by atoms with van der Waals surface area (Å²) in [5, 5.41) is 13.0. The van der Waals surface area contributed by atoms with Crippen LogP contribution in [0.1, 0.15) is 39.7 Å². The van der Waals surface area contributed by atoms with Crippen molar-refractivity contribution in [1.29, 1.82) is 0 Å². The minimum atomic E-state index is -1.21. The van der Waals surface area contributed by atoms with Gasteiger partial charge in [-0.2, -0.15) is 0 Å². The third kappa shape index (κ3) is 4.48. The van der Waals surface area contributed by atoms with Crippen molar-refractivity contribution in [2.75, 3.05) is 6.54 Å². The number of hydrogen-bond acceptors (Lipinski definition) is 5. The average Bonchev–Trinajstić information content (AvgIpc) is 3.28. The Morgan fingerprint density at radius 2 is 1.88 bits per heavy atom. The second-order valence-corrected chi connectivity index (χ2v) is 9.62. The van der Waals surface area contributed by atoms with Gasteiger partial charge in [0.25, 0.3) is 5.91 Å². The number of benzene rings is 2. The van der Waals surface area contributed by atoms with Crippen molar-refractivity contribution in [3.8, 4) is 11.1 Å². The number of nitrogens with one attached hydrogen (secondary N) is 1. The van der Waals surface area contributed by atoms with Crippen LogP contribution in [-0.2, 0) is 15.1 Å². The Labute approximate surface area is 192 Å². The van der Waals surface area contributed by atoms with Gasteiger partial charge in [-0.15, -0.1) is 0 Å². The molecule has 2 aliphatic rings. The molecule has 2 heterocycles. The molecule has 0 bridgehead atoms. The van der Waals surface area contributed by atoms with E-state index in [0.717, 1.165) is 0 Å². The van der Waals surface area contributed by atoms with Crippen molar-refractivity contribution in [3.05, 3.63) is 59.9 Å². The first-order valence-electron chi connectivity index (χ1n) is 10.9. The van der Waals surface area contributed by atoms with E-state index in [4.69, 9.17) is 4.74 Å². The van der Waals surface area contributed by atoms with E-state index >= 15 is 0 Å². The van der Waals surface area contributed by atoms with Gasteiger partial charge in [-0.1, -0.05) is 42.5 Å². The normalized spacial score (nSPS) is 25.1. The number of carbonyl (C=O) groups is 2. The summed E-state index contributed by atoms with van der Waals surface area (Å²) in [5.74, 6) is -0.331. The van der Waals surface area contributed by atoms with E-state index < -0.39 is 29.4 Å². The van der Waals surface area contributed by atoms with Crippen LogP contribution >= 0.6 is 0 Å². The maximum atomic E-state index is 14.1. The van der Waals surface area contributed by atoms with E-state index in [1.807, 2.05) is 0 Å². The number of β-amino-alcohol motifs (C(OH)–C–C–N with tert-alkyl or cyclic N) is 1. The van der Waals surface area contributed by atoms with Gasteiger partial charge < -0.3 is 15.2 Å². The highest BCUT2D eigenvalue weighted by Crippen LogP contribution is 2.34. The summed E-state index contributed by atoms with van der Waals surface area (Å²) >= 11 is 0. The molecule has 0 spiro atoms. The number of rotatable bonds is 3. The van der Waals surface area contributed by atoms with Crippen LogP contribution in [0.15, 0.2) is 53.5 Å². The van der Waals surface area contributed by atoms with E-state index in [2.05, 4.69) is 10.3 Å². The van der Waals surface area contributed by atoms with Crippen molar-refractivity contribution in [2.45, 2.75) is 57.4 Å². The van der Waals surface area contributed by atoms with Gasteiger partial charge in [-0.3, -0.25) is 9.69 Å². The van der Waals surface area contributed by atoms with Crippen LogP contribution in [0.25, 0.3) is 11.1 Å². The molecule has 8 heteroatoms. The molecular formula is C25H28FN3O4. The molecule has 0 saturated carbocycles. The fourth-order valence-electron chi connectivity index (χ4n) is 4.18. The molecule has 174 valence electrons. The summed E-state index contributed by atoms with van der Waals surface area (Å²) in [6.45, 7) is 7.09. The van der Waals surface area contributed by atoms with E-state index in [1.54, 1.807) is 70.2 Å². The number of halogens is 1. The van der Waals surface area contributed by atoms with E-state index in [9.17, 15) is 19.1 Å². The van der Waals surface area contributed by atoms with E-state index in [1.165, 1.54) is 11.0 Å². The van der Waals surface area contributed by atoms with Gasteiger partial charge in [0.1, 0.15) is 17.3 Å². The van der Waals surface area contributed by atoms with Crippen molar-refractivity contribution < 1.29 is 23.8 Å². The number of carbonyl (C=O) groups excluding carboxylic acids is 2. The lowest BCUT2D eigenvalue weighted by Crippen LogP contribution is -2.47. The van der Waals surface area contributed by atoms with Crippen LogP contribution in [0.2, 0.25) is 0 Å². The van der Waals surface area contributed by atoms with Crippen LogP contribution in [-0.4, -0.2) is 52.1 Å². The molecule has 1 fully saturated rings. The lowest BCUT2D eigenvalue weighted by molar-refractivity contribution is -0.123. The molecule has 0 aromatic heterocycles. The molecule has 2 aromatic rings. The molecule has 33 heavy (non-hydrogen) atoms. The number of amidine groups is 1. The third-order valence-corrected chi connectivity index (χ3v) is 5.88. The van der Waals surface area contributed by atoms with Gasteiger partial charge in [-0.25, -0.2) is 14.2 Å². The summed E-state index contributed by atoms with van der Waals surface area (Å²) in [6.07, 6.45) is -1.06. The lowest BCUT2D eigenvalue weighted by atomic mass is 9.91. The SMILES string of the molecule is CC(C)(C)OC(=O)N1C[C@H](O)CC1C1=N[C@@](C)(c2ccc(-c3ccccc3F)cc2)C(=O)N1. The van der Waals surface area contributed by atoms with Gasteiger partial charge >= 0.3 is 6.09 Å². The topological polar surface area (TPSA) is 91.2 Å². The first-order valence-corrected chi connectivity index (χ1v) is 10.9. The zero-order valence-electron chi connectivity index (χ0n) is 19.1. The van der Waals surface area contributed by atoms with Gasteiger partial charge in [0.05, 0.1) is 18.7 Å². The molecule has 0 aliphatic carbocycles. The molecule has 4 rings (SSSR count). The second-order valence-electron chi connectivity index (χ2n) is 9.62. The first-order chi connectivity index (χ1) is 15.5. The molecule has 2 amide bonds. The maximum absolute atomic E-state index is 14.1. The zero-order chi connectivity index (χ0) is 24.0. The number of nitrogens with zero attached hydrogens (tertiary/aromatic N) is 2. The second kappa shape index (κ2) is 8.26. The minimum absolute atomic E-state index is 0.0997. The standard InChI is InChI=1S/C25H28FN3O4/c1-24(2,3)33-23(32)29-14-17(30)13-20(29)21-27-22(31)25(4,28-21)16-11-9-15(10-12-16)18-7-5-6-8-19(18)26/h5-12,17,20,30H,13-14H2,1-4H3,(H,27,28,31)/t17-,20?,25+/m1/s1. The molecule has 0 radical (unpaired) electrons. The first kappa shape index (κ1) is 22.9. The Morgan fingerprint density at radius 3 is 2.52 bits per heavy atom. The molecule has 7 nitrogen and oxygen atoms in total. The number of aliphatic hydroxyl groups excluding tert-OH is 1. The van der Waals surface area contributed by atoms with Gasteiger partial charge in [0.2, 0.25) is 0 Å². The number of likely N-dealkylation sites (tertiary alicyclic amines) is 1. The van der Waals surface area contributed by atoms with Crippen molar-refractivity contribution >= 4 is 17.8 Å². The summed E-state index contributed by atoms with van der Waals surface area (Å²) in [4.78, 5) is 31.7. The molecule has 1 saturated heterocycles. The quantitative estimate of drug-likeness (QED) is 0.743. The lowest BCUT2D eigenvalue weighted by Gasteiger charge is -2.28. The van der Waals surface area contributed by atoms with Gasteiger partial charge in [-0.05, 0) is 44.9 Å². The molecule has 2 aromatic carbocycles. The van der Waals surface area contributed by atoms with Crippen LogP contribution < -0.4 is 5.32 Å². The number of amides is 2. The summed E-state index contributed by atoms with van der Waals surface area (Å²) in [5.41, 5.74) is -0.0987. The summed E-state index contributed by atoms with van der Waals surface area (Å²) in [6, 6.07) is 12.9. The Kier molecular flexibility index (Phi) is 5.74. The number of hydrogen-bond donors (Lipinski definition) is 2. The molecule has 1 unspecified atom stereocenters. The molecule has 3 atom stereocenters. The van der Waals surface area contributed by atoms with Crippen LogP contribution in [0, 0.1) is 5.82 Å². The fraction of sp³-hybridized carbons (Fsp3) is 0.400. The number of aliphatic hydroxyl groups is 1. The highest BCUT2D eigenvalue weighted by Gasteiger charge is 2.47. The van der Waals surface area contributed by atoms with Crippen molar-refractivity contribution in [3.63, 3.8) is 0 Å². The largest absolute Gasteiger partial charge is 0.444 e. The fourth-order valence-corrected chi connectivity index (χ4v) is 4.18. The predicted octanol–water partition coefficient (Wildman–Crippen LogP) is 3.61. The highest BCUT2D eigenvalue weighted by atomic mass is 19.1. The molecule has 2 aliphatic heterocycles. The predicted molar refractivity (Wildman–Crippen MR) is 122 cm³/mol. The molecule has 2 N–H and O–H groups in total. The smallest absolute Gasteiger partial charge is 0.411 e. The van der Waals surface area contributed by atoms with Gasteiger partial charge in [0, 0.05) is 12.0 Å². The zero-order valence-corrected chi connectivity index (χ0v) is 19.1. The van der Waals surface area contributed by atoms with Crippen molar-refractivity contribution in [2.24, 2.45) is 4.99 Å². The van der Waals surface area contributed by atoms with Crippen LogP contribution in [0.5, 0.6) is 0 Å². The number of aliphatic imine (C=N–C) groups is 1. The highest BCUT2D eigenvalue weighted by molar-refractivity contribution is 6.11. The van der Waals surface area contributed by atoms with Crippen LogP contribution in [0.3, 0.4) is 0 Å². The van der Waals surface area contributed by atoms with Gasteiger partial charge in [0.15, 0.2) is 5.54 Å². The Bertz CT molecular complexity index is 1110. The Morgan fingerprint density at radius 1 is 1.21 bits per heavy atom. The van der Waals surface area contributed by atoms with Crippen LogP contribution in [0.4, 0.5) is 9.18 Å². The Balaban J connectivity index is 1.61. The minimum Gasteiger partial charge on any atom is -0.444 e. The number of ether oxygens (including phenoxy) is 1. The van der Waals surface area contributed by atoms with E-state index in [-0.39, 0.29) is 24.7 Å². The average molecular weight is 454 g/mol. The third-order valence-electron chi connectivity index (χ3n) is 5.88. The Hall–Kier alpha value is -3.26. The molecular weight excluding hydrogens is 425 g/mol.